The molecule has 0 bridgehead atoms. The second kappa shape index (κ2) is 10.2. The van der Waals surface area contributed by atoms with E-state index in [2.05, 4.69) is 48.1 Å². The molecule has 8 atom stereocenters. The molecule has 0 amide bonds. The van der Waals surface area contributed by atoms with Crippen LogP contribution in [0.3, 0.4) is 0 Å². The first-order valence-corrected chi connectivity index (χ1v) is 15.2. The van der Waals surface area contributed by atoms with E-state index in [4.69, 9.17) is 9.47 Å². The number of allylic oxidation sites excluding steroid dienone is 2. The number of esters is 2. The monoisotopic (exact) mass is 540 g/mol. The first-order chi connectivity index (χ1) is 18.0. The molecule has 39 heavy (non-hydrogen) atoms. The maximum Gasteiger partial charge on any atom is 0.312 e. The molecule has 2 saturated carbocycles. The minimum absolute atomic E-state index is 0.00638. The number of fused-ring (bicyclic) bond motifs is 4. The van der Waals surface area contributed by atoms with Gasteiger partial charge in [0.15, 0.2) is 5.78 Å². The van der Waals surface area contributed by atoms with Crippen LogP contribution in [0.25, 0.3) is 0 Å². The summed E-state index contributed by atoms with van der Waals surface area (Å²) in [4.78, 5) is 37.0. The van der Waals surface area contributed by atoms with Crippen molar-refractivity contribution in [2.75, 3.05) is 7.11 Å². The molecule has 0 heterocycles. The number of carbonyl (C=O) groups is 3. The van der Waals surface area contributed by atoms with Crippen molar-refractivity contribution in [1.29, 1.82) is 0 Å². The third-order valence-electron chi connectivity index (χ3n) is 12.7. The zero-order valence-electron chi connectivity index (χ0n) is 26.0. The van der Waals surface area contributed by atoms with Gasteiger partial charge in [-0.15, -0.1) is 0 Å². The highest BCUT2D eigenvalue weighted by molar-refractivity contribution is 5.99. The molecule has 2 fully saturated rings. The number of rotatable bonds is 7. The molecule has 4 aliphatic rings. The number of carbonyl (C=O) groups excluding carboxylic acids is 3. The van der Waals surface area contributed by atoms with Crippen LogP contribution in [0.15, 0.2) is 23.3 Å². The van der Waals surface area contributed by atoms with Crippen LogP contribution in [0.1, 0.15) is 113 Å². The topological polar surface area (TPSA) is 69.7 Å². The molecular weight excluding hydrogens is 488 g/mol. The summed E-state index contributed by atoms with van der Waals surface area (Å²) >= 11 is 0. The predicted molar refractivity (Wildman–Crippen MR) is 154 cm³/mol. The number of ketones is 1. The molecule has 0 aliphatic heterocycles. The highest BCUT2D eigenvalue weighted by atomic mass is 16.5. The largest absolute Gasteiger partial charge is 0.469 e. The number of Topliss-reactive ketones (excluding diaryl/α,β-unsaturated/α-hetero) is 1. The first-order valence-electron chi connectivity index (χ1n) is 15.2. The number of methoxy groups -OCH3 is 1. The normalized spacial score (nSPS) is 38.5. The van der Waals surface area contributed by atoms with Crippen molar-refractivity contribution >= 4 is 17.7 Å². The highest BCUT2D eigenvalue weighted by Crippen LogP contribution is 2.72. The van der Waals surface area contributed by atoms with E-state index in [0.717, 1.165) is 44.9 Å². The minimum Gasteiger partial charge on any atom is -0.469 e. The van der Waals surface area contributed by atoms with E-state index in [1.54, 1.807) is 18.1 Å². The Kier molecular flexibility index (Phi) is 7.84. The zero-order valence-corrected chi connectivity index (χ0v) is 26.0. The molecule has 5 nitrogen and oxygen atoms in total. The average molecular weight is 541 g/mol. The highest BCUT2D eigenvalue weighted by Gasteiger charge is 2.63. The zero-order chi connectivity index (χ0) is 29.1. The van der Waals surface area contributed by atoms with Crippen LogP contribution in [0.4, 0.5) is 0 Å². The fourth-order valence-corrected chi connectivity index (χ4v) is 10.2. The van der Waals surface area contributed by atoms with Gasteiger partial charge in [0.2, 0.25) is 0 Å². The van der Waals surface area contributed by atoms with E-state index < -0.39 is 11.9 Å². The van der Waals surface area contributed by atoms with Crippen LogP contribution in [0, 0.1) is 45.3 Å². The molecule has 218 valence electrons. The van der Waals surface area contributed by atoms with Gasteiger partial charge in [-0.1, -0.05) is 59.3 Å². The quantitative estimate of drug-likeness (QED) is 0.189. The van der Waals surface area contributed by atoms with Gasteiger partial charge in [0.25, 0.3) is 0 Å². The van der Waals surface area contributed by atoms with Gasteiger partial charge < -0.3 is 9.47 Å². The lowest BCUT2D eigenvalue weighted by Crippen LogP contribution is -2.55. The molecular formula is C34H52O5. The summed E-state index contributed by atoms with van der Waals surface area (Å²) in [5.74, 6) is 0.0298. The van der Waals surface area contributed by atoms with Crippen LogP contribution >= 0.6 is 0 Å². The Morgan fingerprint density at radius 3 is 2.23 bits per heavy atom. The Hall–Kier alpha value is -1.91. The standard InChI is InChI=1S/C34H52O5/c1-20(19-27(36)21(2)22(3)30(37)38-10)24-13-17-34(9)26-11-12-28-31(5,6)29(39-23(4)35)15-16-32(28,7)25(26)14-18-33(24,34)8/h20,22,24,28-29H,2,11-19H2,1,3-10H3/t20-,22?,24-,28+,29-,32-,33-,34+/m1/s1. The Bertz CT molecular complexity index is 1080. The van der Waals surface area contributed by atoms with Crippen molar-refractivity contribution in [3.05, 3.63) is 23.3 Å². The van der Waals surface area contributed by atoms with Gasteiger partial charge in [0, 0.05) is 24.3 Å². The van der Waals surface area contributed by atoms with Crippen LogP contribution in [0.5, 0.6) is 0 Å². The lowest BCUT2D eigenvalue weighted by molar-refractivity contribution is -0.167. The van der Waals surface area contributed by atoms with Gasteiger partial charge in [-0.3, -0.25) is 14.4 Å². The van der Waals surface area contributed by atoms with Gasteiger partial charge in [-0.2, -0.15) is 0 Å². The van der Waals surface area contributed by atoms with E-state index in [1.807, 2.05) is 0 Å². The van der Waals surface area contributed by atoms with Crippen molar-refractivity contribution in [3.8, 4) is 0 Å². The summed E-state index contributed by atoms with van der Waals surface area (Å²) in [6.07, 6.45) is 9.32. The van der Waals surface area contributed by atoms with Gasteiger partial charge in [0.05, 0.1) is 13.0 Å². The van der Waals surface area contributed by atoms with Crippen LogP contribution < -0.4 is 0 Å². The SMILES string of the molecule is C=C(C(=O)C[C@@H](C)[C@H]1CC[C@@]2(C)C3=C(CC[C@]12C)[C@@]1(C)CC[C@@H](OC(C)=O)C(C)(C)[C@@H]1CC3)C(C)C(=O)OC. The molecule has 0 N–H and O–H groups in total. The summed E-state index contributed by atoms with van der Waals surface area (Å²) in [6.45, 7) is 21.6. The molecule has 5 heteroatoms. The van der Waals surface area contributed by atoms with E-state index in [9.17, 15) is 14.4 Å². The molecule has 4 aliphatic carbocycles. The maximum atomic E-state index is 13.2. The first kappa shape index (κ1) is 30.1. The molecule has 0 saturated heterocycles. The molecule has 0 aromatic carbocycles. The minimum atomic E-state index is -0.599. The molecule has 1 unspecified atom stereocenters. The fraction of sp³-hybridized carbons (Fsp3) is 0.794. The van der Waals surface area contributed by atoms with Crippen LogP contribution in [-0.2, 0) is 23.9 Å². The summed E-state index contributed by atoms with van der Waals surface area (Å²) < 4.78 is 10.7. The lowest BCUT2D eigenvalue weighted by atomic mass is 9.43. The third kappa shape index (κ3) is 4.54. The second-order valence-electron chi connectivity index (χ2n) is 14.7. The van der Waals surface area contributed by atoms with Crippen molar-refractivity contribution in [1.82, 2.24) is 0 Å². The summed E-state index contributed by atoms with van der Waals surface area (Å²) in [7, 11) is 1.35. The van der Waals surface area contributed by atoms with Crippen LogP contribution in [-0.4, -0.2) is 30.9 Å². The molecule has 4 rings (SSSR count). The third-order valence-corrected chi connectivity index (χ3v) is 12.7. The van der Waals surface area contributed by atoms with Gasteiger partial charge >= 0.3 is 11.9 Å². The average Bonchev–Trinajstić information content (AvgIpc) is 3.15. The molecule has 0 aromatic rings. The van der Waals surface area contributed by atoms with Gasteiger partial charge in [-0.25, -0.2) is 0 Å². The number of hydrogen-bond acceptors (Lipinski definition) is 5. The van der Waals surface area contributed by atoms with E-state index in [1.165, 1.54) is 20.5 Å². The maximum absolute atomic E-state index is 13.2. The molecule has 0 radical (unpaired) electrons. The smallest absolute Gasteiger partial charge is 0.312 e. The fourth-order valence-electron chi connectivity index (χ4n) is 10.2. The van der Waals surface area contributed by atoms with Gasteiger partial charge in [-0.05, 0) is 92.3 Å². The Morgan fingerprint density at radius 1 is 0.949 bits per heavy atom. The van der Waals surface area contributed by atoms with Crippen LogP contribution in [0.2, 0.25) is 0 Å². The number of ether oxygens (including phenoxy) is 2. The summed E-state index contributed by atoms with van der Waals surface area (Å²) in [6, 6.07) is 0. The van der Waals surface area contributed by atoms with Gasteiger partial charge in [0.1, 0.15) is 6.10 Å². The Morgan fingerprint density at radius 2 is 1.62 bits per heavy atom. The number of hydrogen-bond donors (Lipinski definition) is 0. The Labute approximate surface area is 236 Å². The summed E-state index contributed by atoms with van der Waals surface area (Å²) in [5, 5.41) is 0. The molecule has 0 aromatic heterocycles. The van der Waals surface area contributed by atoms with E-state index in [0.29, 0.717) is 23.8 Å². The predicted octanol–water partition coefficient (Wildman–Crippen LogP) is 7.63. The molecule has 0 spiro atoms. The lowest BCUT2D eigenvalue weighted by Gasteiger charge is -2.62. The summed E-state index contributed by atoms with van der Waals surface area (Å²) in [5.41, 5.74) is 4.18. The van der Waals surface area contributed by atoms with Crippen molar-refractivity contribution < 1.29 is 23.9 Å². The Balaban J connectivity index is 1.58. The van der Waals surface area contributed by atoms with Crippen molar-refractivity contribution in [2.45, 2.75) is 119 Å². The van der Waals surface area contributed by atoms with Crippen molar-refractivity contribution in [3.63, 3.8) is 0 Å². The second-order valence-corrected chi connectivity index (χ2v) is 14.7. The van der Waals surface area contributed by atoms with E-state index >= 15 is 0 Å². The van der Waals surface area contributed by atoms with Crippen molar-refractivity contribution in [2.24, 2.45) is 45.3 Å². The van der Waals surface area contributed by atoms with E-state index in [-0.39, 0.29) is 45.4 Å².